The van der Waals surface area contributed by atoms with E-state index in [1.807, 2.05) is 17.0 Å². The van der Waals surface area contributed by atoms with Gasteiger partial charge in [0, 0.05) is 37.1 Å². The lowest BCUT2D eigenvalue weighted by Gasteiger charge is -2.38. The van der Waals surface area contributed by atoms with Crippen molar-refractivity contribution in [1.29, 1.82) is 0 Å². The summed E-state index contributed by atoms with van der Waals surface area (Å²) < 4.78 is 0. The molecule has 0 N–H and O–H groups in total. The number of amides is 1. The molecule has 1 saturated heterocycles. The molecule has 1 aromatic rings. The fourth-order valence-electron chi connectivity index (χ4n) is 3.51. The zero-order chi connectivity index (χ0) is 15.5. The Bertz CT molecular complexity index is 535. The fourth-order valence-corrected chi connectivity index (χ4v) is 4.04. The number of halogens is 2. The molecule has 1 saturated carbocycles. The molecule has 0 atom stereocenters. The van der Waals surface area contributed by atoms with E-state index in [2.05, 4.69) is 4.90 Å². The molecule has 2 fully saturated rings. The lowest BCUT2D eigenvalue weighted by molar-refractivity contribution is -0.136. The number of hydrogen-bond donors (Lipinski definition) is 0. The molecule has 0 spiro atoms. The number of carbonyl (C=O) groups excluding carboxylic acids is 1. The Morgan fingerprint density at radius 3 is 2.32 bits per heavy atom. The van der Waals surface area contributed by atoms with E-state index >= 15 is 0 Å². The number of benzene rings is 1. The van der Waals surface area contributed by atoms with E-state index in [4.69, 9.17) is 23.2 Å². The second-order valence-electron chi connectivity index (χ2n) is 6.24. The Hall–Kier alpha value is -0.930. The number of anilines is 1. The van der Waals surface area contributed by atoms with Gasteiger partial charge >= 0.3 is 0 Å². The molecule has 22 heavy (non-hydrogen) atoms. The summed E-state index contributed by atoms with van der Waals surface area (Å²) in [5, 5.41) is 1.33. The minimum atomic E-state index is 0.263. The summed E-state index contributed by atoms with van der Waals surface area (Å²) in [4.78, 5) is 16.8. The van der Waals surface area contributed by atoms with Gasteiger partial charge in [-0.25, -0.2) is 0 Å². The van der Waals surface area contributed by atoms with Crippen LogP contribution in [0.4, 0.5) is 5.69 Å². The summed E-state index contributed by atoms with van der Waals surface area (Å²) >= 11 is 12.2. The van der Waals surface area contributed by atoms with Gasteiger partial charge < -0.3 is 9.80 Å². The second-order valence-corrected chi connectivity index (χ2v) is 7.09. The predicted octanol–water partition coefficient (Wildman–Crippen LogP) is 4.22. The summed E-state index contributed by atoms with van der Waals surface area (Å²) in [7, 11) is 0. The molecule has 0 radical (unpaired) electrons. The molecule has 3 nitrogen and oxygen atoms in total. The van der Waals surface area contributed by atoms with E-state index in [9.17, 15) is 4.79 Å². The molecule has 1 aliphatic carbocycles. The lowest BCUT2D eigenvalue weighted by Crippen LogP contribution is -2.50. The van der Waals surface area contributed by atoms with Crippen LogP contribution in [-0.4, -0.2) is 37.0 Å². The highest BCUT2D eigenvalue weighted by Crippen LogP contribution is 2.30. The van der Waals surface area contributed by atoms with Crippen LogP contribution < -0.4 is 4.90 Å². The summed E-state index contributed by atoms with van der Waals surface area (Å²) in [6, 6.07) is 5.60. The number of hydrogen-bond acceptors (Lipinski definition) is 2. The van der Waals surface area contributed by atoms with Crippen molar-refractivity contribution < 1.29 is 4.79 Å². The topological polar surface area (TPSA) is 23.6 Å². The Labute approximate surface area is 142 Å². The predicted molar refractivity (Wildman–Crippen MR) is 91.8 cm³/mol. The van der Waals surface area contributed by atoms with Gasteiger partial charge in [0.1, 0.15) is 0 Å². The molecule has 1 aromatic carbocycles. The first-order valence-corrected chi connectivity index (χ1v) is 8.89. The summed E-state index contributed by atoms with van der Waals surface area (Å²) in [6.45, 7) is 3.24. The Balaban J connectivity index is 1.59. The molecular weight excluding hydrogens is 319 g/mol. The average molecular weight is 341 g/mol. The second kappa shape index (κ2) is 7.10. The quantitative estimate of drug-likeness (QED) is 0.804. The largest absolute Gasteiger partial charge is 0.367 e. The highest BCUT2D eigenvalue weighted by atomic mass is 35.5. The third-order valence-electron chi connectivity index (χ3n) is 4.80. The summed E-state index contributed by atoms with van der Waals surface area (Å²) in [5.41, 5.74) is 1.01. The summed E-state index contributed by atoms with van der Waals surface area (Å²) in [6.07, 6.45) is 5.84. The van der Waals surface area contributed by atoms with Crippen LogP contribution in [0.5, 0.6) is 0 Å². The number of nitrogens with zero attached hydrogens (tertiary/aromatic N) is 2. The van der Waals surface area contributed by atoms with Gasteiger partial charge in [-0.05, 0) is 31.0 Å². The minimum Gasteiger partial charge on any atom is -0.367 e. The van der Waals surface area contributed by atoms with E-state index in [1.165, 1.54) is 19.3 Å². The van der Waals surface area contributed by atoms with Crippen molar-refractivity contribution in [3.8, 4) is 0 Å². The summed E-state index contributed by atoms with van der Waals surface area (Å²) in [5.74, 6) is 0.626. The van der Waals surface area contributed by atoms with Crippen molar-refractivity contribution in [2.45, 2.75) is 32.1 Å². The monoisotopic (exact) mass is 340 g/mol. The molecule has 1 aliphatic heterocycles. The van der Waals surface area contributed by atoms with E-state index in [1.54, 1.807) is 6.07 Å². The Morgan fingerprint density at radius 1 is 1.00 bits per heavy atom. The van der Waals surface area contributed by atoms with Crippen molar-refractivity contribution in [3.63, 3.8) is 0 Å². The van der Waals surface area contributed by atoms with Crippen LogP contribution in [-0.2, 0) is 4.79 Å². The van der Waals surface area contributed by atoms with Crippen LogP contribution in [0.1, 0.15) is 32.1 Å². The maximum Gasteiger partial charge on any atom is 0.225 e. The number of piperazine rings is 1. The van der Waals surface area contributed by atoms with E-state index in [0.717, 1.165) is 44.7 Å². The minimum absolute atomic E-state index is 0.263. The van der Waals surface area contributed by atoms with E-state index in [-0.39, 0.29) is 5.92 Å². The molecular formula is C17H22Cl2N2O. The SMILES string of the molecule is O=C(C1CCCCC1)N1CCN(c2ccc(Cl)cc2Cl)CC1. The normalized spacial score (nSPS) is 20.3. The smallest absolute Gasteiger partial charge is 0.225 e. The van der Waals surface area contributed by atoms with Crippen LogP contribution in [0.25, 0.3) is 0 Å². The van der Waals surface area contributed by atoms with Crippen LogP contribution in [0.2, 0.25) is 10.0 Å². The van der Waals surface area contributed by atoms with Crippen molar-refractivity contribution in [1.82, 2.24) is 4.90 Å². The molecule has 0 aromatic heterocycles. The van der Waals surface area contributed by atoms with Gasteiger partial charge in [-0.2, -0.15) is 0 Å². The van der Waals surface area contributed by atoms with Gasteiger partial charge in [0.05, 0.1) is 10.7 Å². The molecule has 2 aliphatic rings. The average Bonchev–Trinajstić information content (AvgIpc) is 2.55. The Kier molecular flexibility index (Phi) is 5.14. The number of rotatable bonds is 2. The first-order valence-electron chi connectivity index (χ1n) is 8.14. The molecule has 0 bridgehead atoms. The molecule has 5 heteroatoms. The molecule has 3 rings (SSSR count). The highest BCUT2D eigenvalue weighted by molar-refractivity contribution is 6.36. The first-order chi connectivity index (χ1) is 10.6. The Morgan fingerprint density at radius 2 is 1.68 bits per heavy atom. The van der Waals surface area contributed by atoms with Crippen LogP contribution in [0, 0.1) is 5.92 Å². The number of carbonyl (C=O) groups is 1. The van der Waals surface area contributed by atoms with Gasteiger partial charge in [-0.1, -0.05) is 42.5 Å². The van der Waals surface area contributed by atoms with Gasteiger partial charge in [0.15, 0.2) is 0 Å². The first kappa shape index (κ1) is 15.9. The standard InChI is InChI=1S/C17H22Cl2N2O/c18-14-6-7-16(15(19)12-14)20-8-10-21(11-9-20)17(22)13-4-2-1-3-5-13/h6-7,12-13H,1-5,8-11H2. The van der Waals surface area contributed by atoms with Gasteiger partial charge in [-0.3, -0.25) is 4.79 Å². The third-order valence-corrected chi connectivity index (χ3v) is 5.33. The molecule has 120 valence electrons. The van der Waals surface area contributed by atoms with Gasteiger partial charge in [0.2, 0.25) is 5.91 Å². The van der Waals surface area contributed by atoms with Crippen molar-refractivity contribution in [3.05, 3.63) is 28.2 Å². The zero-order valence-electron chi connectivity index (χ0n) is 12.7. The third kappa shape index (κ3) is 3.52. The maximum atomic E-state index is 12.6. The molecule has 1 heterocycles. The highest BCUT2D eigenvalue weighted by Gasteiger charge is 2.28. The van der Waals surface area contributed by atoms with Crippen LogP contribution in [0.3, 0.4) is 0 Å². The molecule has 1 amide bonds. The van der Waals surface area contributed by atoms with Gasteiger partial charge in [-0.15, -0.1) is 0 Å². The van der Waals surface area contributed by atoms with Crippen molar-refractivity contribution >= 4 is 34.8 Å². The van der Waals surface area contributed by atoms with Crippen LogP contribution >= 0.6 is 23.2 Å². The van der Waals surface area contributed by atoms with Gasteiger partial charge in [0.25, 0.3) is 0 Å². The lowest BCUT2D eigenvalue weighted by atomic mass is 9.88. The van der Waals surface area contributed by atoms with Crippen molar-refractivity contribution in [2.24, 2.45) is 5.92 Å². The maximum absolute atomic E-state index is 12.6. The van der Waals surface area contributed by atoms with Crippen molar-refractivity contribution in [2.75, 3.05) is 31.1 Å². The van der Waals surface area contributed by atoms with Crippen LogP contribution in [0.15, 0.2) is 18.2 Å². The zero-order valence-corrected chi connectivity index (χ0v) is 14.2. The fraction of sp³-hybridized carbons (Fsp3) is 0.588. The van der Waals surface area contributed by atoms with E-state index in [0.29, 0.717) is 16.0 Å². The van der Waals surface area contributed by atoms with E-state index < -0.39 is 0 Å². The molecule has 0 unspecified atom stereocenters.